The average molecular weight is 330 g/mol. The maximum Gasteiger partial charge on any atom is 0.221 e. The zero-order valence-electron chi connectivity index (χ0n) is 11.8. The average Bonchev–Trinajstić information content (AvgIpc) is 2.70. The van der Waals surface area contributed by atoms with Gasteiger partial charge in [0.15, 0.2) is 0 Å². The van der Waals surface area contributed by atoms with E-state index in [0.29, 0.717) is 32.7 Å². The van der Waals surface area contributed by atoms with E-state index in [4.69, 9.17) is 4.74 Å². The largest absolute Gasteiger partial charge is 0.383 e. The summed E-state index contributed by atoms with van der Waals surface area (Å²) in [5.41, 5.74) is 0. The second-order valence-corrected chi connectivity index (χ2v) is 6.50. The first kappa shape index (κ1) is 19.6. The van der Waals surface area contributed by atoms with E-state index in [9.17, 15) is 13.2 Å². The summed E-state index contributed by atoms with van der Waals surface area (Å²) >= 11 is 0. The van der Waals surface area contributed by atoms with Gasteiger partial charge in [-0.25, -0.2) is 12.7 Å². The van der Waals surface area contributed by atoms with Gasteiger partial charge in [-0.3, -0.25) is 4.79 Å². The number of nitrogens with zero attached hydrogens (tertiary/aromatic N) is 1. The molecule has 7 nitrogen and oxygen atoms in total. The predicted octanol–water partition coefficient (Wildman–Crippen LogP) is -0.814. The van der Waals surface area contributed by atoms with Crippen LogP contribution in [0.15, 0.2) is 0 Å². The summed E-state index contributed by atoms with van der Waals surface area (Å²) in [7, 11) is -1.46. The Bertz CT molecular complexity index is 378. The Balaban J connectivity index is 0.00000361. The van der Waals surface area contributed by atoms with Crippen molar-refractivity contribution in [3.8, 4) is 0 Å². The lowest BCUT2D eigenvalue weighted by molar-refractivity contribution is -0.121. The van der Waals surface area contributed by atoms with Crippen molar-refractivity contribution in [3.63, 3.8) is 0 Å². The third-order valence-electron chi connectivity index (χ3n) is 2.90. The van der Waals surface area contributed by atoms with Gasteiger partial charge in [-0.1, -0.05) is 0 Å². The molecule has 0 aromatic carbocycles. The van der Waals surface area contributed by atoms with E-state index in [0.717, 1.165) is 6.54 Å². The van der Waals surface area contributed by atoms with Crippen LogP contribution < -0.4 is 10.6 Å². The quantitative estimate of drug-likeness (QED) is 0.540. The number of hydrogen-bond acceptors (Lipinski definition) is 5. The molecule has 0 spiro atoms. The topological polar surface area (TPSA) is 87.7 Å². The molecule has 20 heavy (non-hydrogen) atoms. The number of sulfonamides is 1. The fourth-order valence-electron chi connectivity index (χ4n) is 1.85. The van der Waals surface area contributed by atoms with E-state index in [1.54, 1.807) is 7.11 Å². The van der Waals surface area contributed by atoms with Gasteiger partial charge in [0.25, 0.3) is 0 Å². The number of rotatable bonds is 9. The van der Waals surface area contributed by atoms with Crippen LogP contribution in [0.3, 0.4) is 0 Å². The van der Waals surface area contributed by atoms with Gasteiger partial charge in [-0.15, -0.1) is 12.4 Å². The molecular weight excluding hydrogens is 306 g/mol. The SMILES string of the molecule is COCCNCCNC(=O)CCN1CCCS1(=O)=O.Cl. The number of amides is 1. The highest BCUT2D eigenvalue weighted by Gasteiger charge is 2.27. The molecule has 0 atom stereocenters. The molecule has 0 saturated carbocycles. The molecule has 0 unspecified atom stereocenters. The molecule has 1 saturated heterocycles. The Kier molecular flexibility index (Phi) is 10.1. The molecule has 0 aromatic heterocycles. The number of hydrogen-bond donors (Lipinski definition) is 2. The van der Waals surface area contributed by atoms with E-state index in [2.05, 4.69) is 10.6 Å². The Morgan fingerprint density at radius 1 is 1.30 bits per heavy atom. The van der Waals surface area contributed by atoms with Crippen molar-refractivity contribution in [1.29, 1.82) is 0 Å². The second-order valence-electron chi connectivity index (χ2n) is 4.41. The first-order chi connectivity index (χ1) is 9.06. The highest BCUT2D eigenvalue weighted by Crippen LogP contribution is 2.13. The lowest BCUT2D eigenvalue weighted by atomic mass is 10.3. The van der Waals surface area contributed by atoms with E-state index in [-0.39, 0.29) is 37.0 Å². The van der Waals surface area contributed by atoms with Crippen molar-refractivity contribution in [1.82, 2.24) is 14.9 Å². The summed E-state index contributed by atoms with van der Waals surface area (Å²) in [4.78, 5) is 11.5. The van der Waals surface area contributed by atoms with Gasteiger partial charge in [0, 0.05) is 46.3 Å². The predicted molar refractivity (Wildman–Crippen MR) is 79.6 cm³/mol. The van der Waals surface area contributed by atoms with Gasteiger partial charge in [-0.2, -0.15) is 0 Å². The van der Waals surface area contributed by atoms with Crippen LogP contribution in [0.1, 0.15) is 12.8 Å². The van der Waals surface area contributed by atoms with Crippen LogP contribution in [0.25, 0.3) is 0 Å². The number of ether oxygens (including phenoxy) is 1. The van der Waals surface area contributed by atoms with Gasteiger partial charge in [0.05, 0.1) is 12.4 Å². The van der Waals surface area contributed by atoms with E-state index >= 15 is 0 Å². The summed E-state index contributed by atoms with van der Waals surface area (Å²) in [6.45, 7) is 3.42. The number of halogens is 1. The number of carbonyl (C=O) groups is 1. The summed E-state index contributed by atoms with van der Waals surface area (Å²) in [5.74, 6) is 0.0912. The van der Waals surface area contributed by atoms with Gasteiger partial charge in [-0.05, 0) is 6.42 Å². The summed E-state index contributed by atoms with van der Waals surface area (Å²) in [6, 6.07) is 0. The maximum atomic E-state index is 11.5. The van der Waals surface area contributed by atoms with Gasteiger partial charge in [0.1, 0.15) is 0 Å². The summed E-state index contributed by atoms with van der Waals surface area (Å²) in [5, 5.41) is 5.85. The maximum absolute atomic E-state index is 11.5. The number of methoxy groups -OCH3 is 1. The Morgan fingerprint density at radius 2 is 2.05 bits per heavy atom. The molecule has 0 bridgehead atoms. The van der Waals surface area contributed by atoms with Crippen molar-refractivity contribution in [2.45, 2.75) is 12.8 Å². The lowest BCUT2D eigenvalue weighted by Gasteiger charge is -2.13. The van der Waals surface area contributed by atoms with Gasteiger partial charge < -0.3 is 15.4 Å². The first-order valence-electron chi connectivity index (χ1n) is 6.50. The molecule has 1 amide bonds. The Labute approximate surface area is 126 Å². The van der Waals surface area contributed by atoms with Crippen LogP contribution in [0.4, 0.5) is 0 Å². The normalized spacial score (nSPS) is 17.6. The molecule has 2 N–H and O–H groups in total. The molecule has 1 rings (SSSR count). The zero-order valence-corrected chi connectivity index (χ0v) is 13.4. The molecule has 0 aliphatic carbocycles. The van der Waals surface area contributed by atoms with E-state index in [1.807, 2.05) is 0 Å². The molecule has 120 valence electrons. The van der Waals surface area contributed by atoms with Crippen LogP contribution in [0.5, 0.6) is 0 Å². The number of nitrogens with one attached hydrogen (secondary N) is 2. The fraction of sp³-hybridized carbons (Fsp3) is 0.909. The van der Waals surface area contributed by atoms with Gasteiger partial charge in [0.2, 0.25) is 15.9 Å². The van der Waals surface area contributed by atoms with E-state index in [1.165, 1.54) is 4.31 Å². The summed E-state index contributed by atoms with van der Waals surface area (Å²) < 4.78 is 29.3. The molecular formula is C11H24ClN3O4S. The lowest BCUT2D eigenvalue weighted by Crippen LogP contribution is -2.35. The summed E-state index contributed by atoms with van der Waals surface area (Å²) in [6.07, 6.45) is 0.880. The van der Waals surface area contributed by atoms with E-state index < -0.39 is 10.0 Å². The Hall–Kier alpha value is -0.410. The van der Waals surface area contributed by atoms with Crippen molar-refractivity contribution < 1.29 is 17.9 Å². The highest BCUT2D eigenvalue weighted by molar-refractivity contribution is 7.89. The minimum Gasteiger partial charge on any atom is -0.383 e. The van der Waals surface area contributed by atoms with Crippen molar-refractivity contribution in [2.24, 2.45) is 0 Å². The standard InChI is InChI=1S/C11H23N3O4S.ClH/c1-18-9-6-12-4-5-13-11(15)3-8-14-7-2-10-19(14,16)17;/h12H,2-10H2,1H3,(H,13,15);1H. The molecule has 1 aliphatic rings. The van der Waals surface area contributed by atoms with Crippen molar-refractivity contribution in [2.75, 3.05) is 52.2 Å². The minimum atomic E-state index is -3.09. The zero-order chi connectivity index (χ0) is 14.1. The monoisotopic (exact) mass is 329 g/mol. The minimum absolute atomic E-state index is 0. The second kappa shape index (κ2) is 10.3. The molecule has 1 aliphatic heterocycles. The molecule has 0 radical (unpaired) electrons. The number of carbonyl (C=O) groups excluding carboxylic acids is 1. The van der Waals surface area contributed by atoms with Crippen LogP contribution >= 0.6 is 12.4 Å². The van der Waals surface area contributed by atoms with Crippen LogP contribution in [0, 0.1) is 0 Å². The third-order valence-corrected chi connectivity index (χ3v) is 4.85. The fourth-order valence-corrected chi connectivity index (χ4v) is 3.38. The van der Waals surface area contributed by atoms with Crippen LogP contribution in [0.2, 0.25) is 0 Å². The smallest absolute Gasteiger partial charge is 0.221 e. The van der Waals surface area contributed by atoms with Crippen LogP contribution in [-0.4, -0.2) is 70.8 Å². The molecule has 1 heterocycles. The first-order valence-corrected chi connectivity index (χ1v) is 8.11. The molecule has 9 heteroatoms. The Morgan fingerprint density at radius 3 is 2.65 bits per heavy atom. The van der Waals surface area contributed by atoms with Crippen molar-refractivity contribution in [3.05, 3.63) is 0 Å². The molecule has 0 aromatic rings. The third kappa shape index (κ3) is 7.39. The van der Waals surface area contributed by atoms with Crippen molar-refractivity contribution >= 4 is 28.3 Å². The molecule has 1 fully saturated rings. The van der Waals surface area contributed by atoms with Crippen LogP contribution in [-0.2, 0) is 19.6 Å². The van der Waals surface area contributed by atoms with Gasteiger partial charge >= 0.3 is 0 Å². The highest BCUT2D eigenvalue weighted by atomic mass is 35.5.